The number of para-hydroxylation sites is 1. The molecule has 4 saturated carbocycles. The van der Waals surface area contributed by atoms with Gasteiger partial charge in [-0.1, -0.05) is 23.5 Å². The number of nitrogens with two attached hydrogens (primary N) is 1. The van der Waals surface area contributed by atoms with Crippen molar-refractivity contribution in [3.8, 4) is 22.5 Å². The molecule has 45 heavy (non-hydrogen) atoms. The molecule has 5 heterocycles. The Balaban J connectivity index is 1.01. The molecule has 1 aromatic carbocycles. The number of primary amides is 1. The number of fused-ring (bicyclic) bond motifs is 2. The van der Waals surface area contributed by atoms with Crippen molar-refractivity contribution in [2.24, 2.45) is 28.9 Å². The van der Waals surface area contributed by atoms with Crippen LogP contribution in [0.5, 0.6) is 0 Å². The molecule has 0 unspecified atom stereocenters. The number of rotatable bonds is 7. The molecular weight excluding hydrogens is 583 g/mol. The standard InChI is InChI=1S/C34H33N9OS/c1-19-25(17-37-43(19)18-34-13-20-10-21(14-34)12-22(11-20)15-34)24-8-9-42-31(40-41-32(42)29(24)30(35)44)23-6-7-28(36-16-23)39-33-38-26-4-2-3-5-27(26)45-33/h2-9,16-17,20-22H,10-15,18H2,1H3,(H2,35,44)(H,36,38,39). The molecular formula is C34H33N9OS. The van der Waals surface area contributed by atoms with Gasteiger partial charge in [0, 0.05) is 41.3 Å². The van der Waals surface area contributed by atoms with E-state index >= 15 is 0 Å². The third-order valence-corrected chi connectivity index (χ3v) is 11.4. The molecule has 0 atom stereocenters. The van der Waals surface area contributed by atoms with Gasteiger partial charge >= 0.3 is 0 Å². The Morgan fingerprint density at radius 3 is 2.49 bits per heavy atom. The van der Waals surface area contributed by atoms with Crippen LogP contribution in [-0.4, -0.2) is 40.3 Å². The summed E-state index contributed by atoms with van der Waals surface area (Å²) in [5.74, 6) is 3.37. The van der Waals surface area contributed by atoms with Crippen molar-refractivity contribution < 1.29 is 4.79 Å². The van der Waals surface area contributed by atoms with Gasteiger partial charge < -0.3 is 11.1 Å². The first-order chi connectivity index (χ1) is 21.9. The number of carbonyl (C=O) groups is 1. The third-order valence-electron chi connectivity index (χ3n) is 10.4. The Morgan fingerprint density at radius 1 is 1.00 bits per heavy atom. The Labute approximate surface area is 263 Å². The maximum Gasteiger partial charge on any atom is 0.253 e. The second kappa shape index (κ2) is 9.93. The van der Waals surface area contributed by atoms with E-state index < -0.39 is 5.91 Å². The molecule has 5 aromatic heterocycles. The van der Waals surface area contributed by atoms with Gasteiger partial charge in [-0.3, -0.25) is 13.9 Å². The van der Waals surface area contributed by atoms with Crippen molar-refractivity contribution in [2.45, 2.75) is 52.0 Å². The van der Waals surface area contributed by atoms with Crippen molar-refractivity contribution in [3.63, 3.8) is 0 Å². The number of hydrogen-bond acceptors (Lipinski definition) is 8. The van der Waals surface area contributed by atoms with Gasteiger partial charge in [0.15, 0.2) is 16.6 Å². The van der Waals surface area contributed by atoms with Crippen LogP contribution in [-0.2, 0) is 6.54 Å². The lowest BCUT2D eigenvalue weighted by Gasteiger charge is -2.56. The number of thiazole rings is 1. The number of pyridine rings is 2. The van der Waals surface area contributed by atoms with E-state index in [0.717, 1.165) is 62.0 Å². The van der Waals surface area contributed by atoms with Crippen molar-refractivity contribution in [2.75, 3.05) is 5.32 Å². The fraction of sp³-hybridized carbons (Fsp3) is 0.353. The number of amides is 1. The fourth-order valence-electron chi connectivity index (χ4n) is 8.93. The highest BCUT2D eigenvalue weighted by atomic mass is 32.1. The molecule has 11 heteroatoms. The summed E-state index contributed by atoms with van der Waals surface area (Å²) in [6.45, 7) is 3.05. The lowest BCUT2D eigenvalue weighted by molar-refractivity contribution is -0.0638. The number of nitrogens with zero attached hydrogens (tertiary/aromatic N) is 7. The van der Waals surface area contributed by atoms with E-state index in [0.29, 0.717) is 28.3 Å². The first-order valence-electron chi connectivity index (χ1n) is 15.7. The highest BCUT2D eigenvalue weighted by Gasteiger charge is 2.51. The van der Waals surface area contributed by atoms with Crippen molar-refractivity contribution in [1.29, 1.82) is 0 Å². The summed E-state index contributed by atoms with van der Waals surface area (Å²) in [7, 11) is 0. The van der Waals surface area contributed by atoms with Gasteiger partial charge in [-0.05, 0) is 98.9 Å². The van der Waals surface area contributed by atoms with Gasteiger partial charge in [0.1, 0.15) is 5.82 Å². The van der Waals surface area contributed by atoms with Crippen molar-refractivity contribution in [1.82, 2.24) is 34.3 Å². The minimum absolute atomic E-state index is 0.343. The van der Waals surface area contributed by atoms with E-state index in [-0.39, 0.29) is 0 Å². The molecule has 0 radical (unpaired) electrons. The number of anilines is 2. The van der Waals surface area contributed by atoms with Gasteiger partial charge in [0.05, 0.1) is 22.0 Å². The van der Waals surface area contributed by atoms with Crippen LogP contribution in [0.4, 0.5) is 10.9 Å². The fourth-order valence-corrected chi connectivity index (χ4v) is 9.80. The third kappa shape index (κ3) is 4.43. The Kier molecular flexibility index (Phi) is 5.90. The lowest BCUT2D eigenvalue weighted by Crippen LogP contribution is -2.48. The van der Waals surface area contributed by atoms with Crippen LogP contribution in [0.1, 0.15) is 54.6 Å². The quantitative estimate of drug-likeness (QED) is 0.206. The molecule has 4 aliphatic rings. The highest BCUT2D eigenvalue weighted by Crippen LogP contribution is 2.60. The van der Waals surface area contributed by atoms with Crippen LogP contribution in [0, 0.1) is 30.1 Å². The highest BCUT2D eigenvalue weighted by molar-refractivity contribution is 7.22. The summed E-state index contributed by atoms with van der Waals surface area (Å²) in [4.78, 5) is 22.2. The number of benzene rings is 1. The SMILES string of the molecule is Cc1c(-c2ccn3c(-c4ccc(Nc5nc6ccccc6s5)nc4)nnc3c2C(N)=O)cnn1CC12CC3CC(CC(C3)C1)C2. The topological polar surface area (TPSA) is 129 Å². The van der Waals surface area contributed by atoms with Crippen molar-refractivity contribution >= 4 is 44.1 Å². The first kappa shape index (κ1) is 26.7. The molecule has 10 rings (SSSR count). The van der Waals surface area contributed by atoms with Gasteiger partial charge in [0.2, 0.25) is 0 Å². The van der Waals surface area contributed by atoms with Crippen LogP contribution >= 0.6 is 11.3 Å². The smallest absolute Gasteiger partial charge is 0.253 e. The lowest BCUT2D eigenvalue weighted by atomic mass is 9.49. The molecule has 0 saturated heterocycles. The molecule has 4 bridgehead atoms. The molecule has 3 N–H and O–H groups in total. The molecule has 1 amide bonds. The normalized spacial score (nSPS) is 23.7. The summed E-state index contributed by atoms with van der Waals surface area (Å²) >= 11 is 1.58. The van der Waals surface area contributed by atoms with E-state index in [1.807, 2.05) is 54.9 Å². The van der Waals surface area contributed by atoms with E-state index in [4.69, 9.17) is 10.8 Å². The molecule has 0 aliphatic heterocycles. The Bertz CT molecular complexity index is 2040. The summed E-state index contributed by atoms with van der Waals surface area (Å²) in [6.07, 6.45) is 13.8. The van der Waals surface area contributed by atoms with Gasteiger partial charge in [-0.25, -0.2) is 9.97 Å². The second-order valence-electron chi connectivity index (χ2n) is 13.4. The zero-order valence-electron chi connectivity index (χ0n) is 25.0. The number of carbonyl (C=O) groups excluding carboxylic acids is 1. The number of aromatic nitrogens is 7. The molecule has 6 aromatic rings. The second-order valence-corrected chi connectivity index (χ2v) is 14.5. The van der Waals surface area contributed by atoms with E-state index in [1.165, 1.54) is 38.5 Å². The average molecular weight is 616 g/mol. The predicted octanol–water partition coefficient (Wildman–Crippen LogP) is 6.63. The monoisotopic (exact) mass is 615 g/mol. The summed E-state index contributed by atoms with van der Waals surface area (Å²) in [5.41, 5.74) is 11.5. The number of hydrogen-bond donors (Lipinski definition) is 2. The Hall–Kier alpha value is -4.64. The van der Waals surface area contributed by atoms with E-state index in [2.05, 4.69) is 37.1 Å². The minimum atomic E-state index is -0.545. The molecule has 4 fully saturated rings. The van der Waals surface area contributed by atoms with Crippen LogP contribution in [0.2, 0.25) is 0 Å². The maximum atomic E-state index is 12.9. The molecule has 4 aliphatic carbocycles. The summed E-state index contributed by atoms with van der Waals surface area (Å²) in [6, 6.07) is 13.8. The van der Waals surface area contributed by atoms with Crippen molar-refractivity contribution in [3.05, 3.63) is 72.3 Å². The van der Waals surface area contributed by atoms with Crippen LogP contribution in [0.15, 0.2) is 61.1 Å². The predicted molar refractivity (Wildman–Crippen MR) is 174 cm³/mol. The first-order valence-corrected chi connectivity index (χ1v) is 16.5. The molecule has 10 nitrogen and oxygen atoms in total. The van der Waals surface area contributed by atoms with E-state index in [9.17, 15) is 4.79 Å². The zero-order chi connectivity index (χ0) is 30.3. The van der Waals surface area contributed by atoms with Crippen LogP contribution in [0.25, 0.3) is 38.4 Å². The van der Waals surface area contributed by atoms with Crippen LogP contribution in [0.3, 0.4) is 0 Å². The van der Waals surface area contributed by atoms with Crippen LogP contribution < -0.4 is 11.1 Å². The number of nitrogens with one attached hydrogen (secondary N) is 1. The summed E-state index contributed by atoms with van der Waals surface area (Å²) < 4.78 is 5.08. The average Bonchev–Trinajstić information content (AvgIpc) is 3.73. The minimum Gasteiger partial charge on any atom is -0.365 e. The molecule has 226 valence electrons. The van der Waals surface area contributed by atoms with Gasteiger partial charge in [0.25, 0.3) is 5.91 Å². The summed E-state index contributed by atoms with van der Waals surface area (Å²) in [5, 5.41) is 17.8. The van der Waals surface area contributed by atoms with Gasteiger partial charge in [-0.15, -0.1) is 10.2 Å². The maximum absolute atomic E-state index is 12.9. The van der Waals surface area contributed by atoms with Gasteiger partial charge in [-0.2, -0.15) is 5.10 Å². The molecule has 0 spiro atoms. The zero-order valence-corrected chi connectivity index (χ0v) is 25.8. The Morgan fingerprint density at radius 2 is 1.78 bits per heavy atom. The van der Waals surface area contributed by atoms with E-state index in [1.54, 1.807) is 21.9 Å². The largest absolute Gasteiger partial charge is 0.365 e.